The van der Waals surface area contributed by atoms with Gasteiger partial charge >= 0.3 is 0 Å². The van der Waals surface area contributed by atoms with Gasteiger partial charge in [-0.25, -0.2) is 0 Å². The van der Waals surface area contributed by atoms with Crippen LogP contribution in [-0.4, -0.2) is 76.0 Å². The Kier molecular flexibility index (Phi) is 5.63. The van der Waals surface area contributed by atoms with Gasteiger partial charge in [-0.05, 0) is 0 Å². The van der Waals surface area contributed by atoms with Crippen molar-refractivity contribution in [2.45, 2.75) is 37.6 Å². The van der Waals surface area contributed by atoms with Gasteiger partial charge in [0, 0.05) is 6.92 Å². The predicted octanol–water partition coefficient (Wildman–Crippen LogP) is -3.96. The fraction of sp³-hybridized carbons (Fsp3) is 0.800. The highest BCUT2D eigenvalue weighted by Gasteiger charge is 2.43. The van der Waals surface area contributed by atoms with Crippen LogP contribution in [0.3, 0.4) is 0 Å². The van der Waals surface area contributed by atoms with E-state index in [9.17, 15) is 24.9 Å². The average molecular weight is 278 g/mol. The van der Waals surface area contributed by atoms with Gasteiger partial charge in [0.25, 0.3) is 0 Å². The molecule has 110 valence electrons. The normalized spacial score (nSPS) is 34.7. The molecule has 0 aromatic carbocycles. The van der Waals surface area contributed by atoms with Crippen molar-refractivity contribution in [3.05, 3.63) is 0 Å². The zero-order valence-electron chi connectivity index (χ0n) is 10.3. The van der Waals surface area contributed by atoms with E-state index in [-0.39, 0.29) is 6.54 Å². The molecule has 1 rings (SSSR count). The van der Waals surface area contributed by atoms with Crippen molar-refractivity contribution >= 4 is 11.8 Å². The largest absolute Gasteiger partial charge is 0.394 e. The second-order valence-corrected chi connectivity index (χ2v) is 4.23. The molecule has 0 unspecified atom stereocenters. The lowest BCUT2D eigenvalue weighted by atomic mass is 9.98. The number of ether oxygens (including phenoxy) is 1. The monoisotopic (exact) mass is 278 g/mol. The maximum atomic E-state index is 11.4. The lowest BCUT2D eigenvalue weighted by Gasteiger charge is -2.40. The van der Waals surface area contributed by atoms with Crippen molar-refractivity contribution in [3.63, 3.8) is 0 Å². The topological polar surface area (TPSA) is 148 Å². The van der Waals surface area contributed by atoms with Crippen molar-refractivity contribution in [3.8, 4) is 0 Å². The van der Waals surface area contributed by atoms with Crippen molar-refractivity contribution in [1.82, 2.24) is 10.6 Å². The fourth-order valence-electron chi connectivity index (χ4n) is 1.64. The summed E-state index contributed by atoms with van der Waals surface area (Å²) in [4.78, 5) is 22.0. The summed E-state index contributed by atoms with van der Waals surface area (Å²) in [6.45, 7) is 0.342. The molecule has 6 N–H and O–H groups in total. The van der Waals surface area contributed by atoms with Crippen LogP contribution in [-0.2, 0) is 14.3 Å². The molecule has 0 aliphatic carbocycles. The summed E-state index contributed by atoms with van der Waals surface area (Å²) in [7, 11) is 0. The summed E-state index contributed by atoms with van der Waals surface area (Å²) in [6.07, 6.45) is -6.96. The SMILES string of the molecule is CC(=O)NCC(=O)N[C@@H]1O[C@H](CO)[C@@H](O)[C@H](O)[C@H]1O. The second-order valence-electron chi connectivity index (χ2n) is 4.23. The van der Waals surface area contributed by atoms with E-state index in [1.54, 1.807) is 0 Å². The molecular weight excluding hydrogens is 260 g/mol. The third-order valence-corrected chi connectivity index (χ3v) is 2.69. The fourth-order valence-corrected chi connectivity index (χ4v) is 1.64. The molecular formula is C10H18N2O7. The third kappa shape index (κ3) is 4.11. The van der Waals surface area contributed by atoms with Gasteiger partial charge in [0.15, 0.2) is 6.23 Å². The molecule has 2 amide bonds. The molecule has 1 heterocycles. The van der Waals surface area contributed by atoms with Crippen LogP contribution in [0.1, 0.15) is 6.92 Å². The summed E-state index contributed by atoms with van der Waals surface area (Å²) in [5.41, 5.74) is 0. The zero-order valence-corrected chi connectivity index (χ0v) is 10.3. The molecule has 19 heavy (non-hydrogen) atoms. The molecule has 9 nitrogen and oxygen atoms in total. The standard InChI is InChI=1S/C10H18N2O7/c1-4(14)11-2-6(15)12-10-9(18)8(17)7(16)5(3-13)19-10/h5,7-10,13,16-18H,2-3H2,1H3,(H,11,14)(H,12,15)/t5-,7-,8+,9-,10-/m1/s1. The highest BCUT2D eigenvalue weighted by molar-refractivity contribution is 5.83. The minimum absolute atomic E-state index is 0.315. The van der Waals surface area contributed by atoms with E-state index in [2.05, 4.69) is 10.6 Å². The molecule has 0 spiro atoms. The van der Waals surface area contributed by atoms with Crippen LogP contribution < -0.4 is 10.6 Å². The summed E-state index contributed by atoms with van der Waals surface area (Å²) in [5, 5.41) is 42.1. The van der Waals surface area contributed by atoms with Crippen molar-refractivity contribution in [2.75, 3.05) is 13.2 Å². The van der Waals surface area contributed by atoms with Gasteiger partial charge in [-0.1, -0.05) is 0 Å². The number of carbonyl (C=O) groups excluding carboxylic acids is 2. The molecule has 0 aromatic heterocycles. The number of carbonyl (C=O) groups is 2. The van der Waals surface area contributed by atoms with Crippen LogP contribution in [0.4, 0.5) is 0 Å². The Balaban J connectivity index is 2.56. The van der Waals surface area contributed by atoms with E-state index in [0.717, 1.165) is 0 Å². The van der Waals surface area contributed by atoms with E-state index < -0.39 is 49.1 Å². The number of nitrogens with one attached hydrogen (secondary N) is 2. The number of rotatable bonds is 4. The van der Waals surface area contributed by atoms with E-state index in [1.807, 2.05) is 0 Å². The Bertz CT molecular complexity index is 336. The molecule has 1 saturated heterocycles. The number of aliphatic hydroxyl groups excluding tert-OH is 4. The first-order valence-electron chi connectivity index (χ1n) is 5.71. The summed E-state index contributed by atoms with van der Waals surface area (Å²) >= 11 is 0. The molecule has 1 aliphatic rings. The smallest absolute Gasteiger partial charge is 0.241 e. The first-order valence-corrected chi connectivity index (χ1v) is 5.71. The van der Waals surface area contributed by atoms with Crippen LogP contribution in [0.2, 0.25) is 0 Å². The van der Waals surface area contributed by atoms with Crippen LogP contribution in [0.25, 0.3) is 0 Å². The molecule has 9 heteroatoms. The van der Waals surface area contributed by atoms with Gasteiger partial charge in [-0.15, -0.1) is 0 Å². The van der Waals surface area contributed by atoms with Crippen LogP contribution >= 0.6 is 0 Å². The summed E-state index contributed by atoms with van der Waals surface area (Å²) in [6, 6.07) is 0. The summed E-state index contributed by atoms with van der Waals surface area (Å²) < 4.78 is 5.05. The maximum Gasteiger partial charge on any atom is 0.241 e. The third-order valence-electron chi connectivity index (χ3n) is 2.69. The quantitative estimate of drug-likeness (QED) is 0.307. The average Bonchev–Trinajstić information content (AvgIpc) is 2.37. The minimum atomic E-state index is -1.56. The van der Waals surface area contributed by atoms with Gasteiger partial charge < -0.3 is 35.8 Å². The number of amides is 2. The Morgan fingerprint density at radius 1 is 1.16 bits per heavy atom. The number of hydrogen-bond acceptors (Lipinski definition) is 7. The molecule has 0 saturated carbocycles. The molecule has 0 radical (unpaired) electrons. The number of hydrogen-bond donors (Lipinski definition) is 6. The highest BCUT2D eigenvalue weighted by atomic mass is 16.6. The van der Waals surface area contributed by atoms with Gasteiger partial charge in [0.05, 0.1) is 13.2 Å². The Hall–Kier alpha value is -1.26. The Labute approximate surface area is 109 Å². The predicted molar refractivity (Wildman–Crippen MR) is 60.6 cm³/mol. The lowest BCUT2D eigenvalue weighted by molar-refractivity contribution is -0.235. The zero-order chi connectivity index (χ0) is 14.6. The molecule has 1 aliphatic heterocycles. The molecule has 0 bridgehead atoms. The van der Waals surface area contributed by atoms with Crippen LogP contribution in [0.5, 0.6) is 0 Å². The van der Waals surface area contributed by atoms with Gasteiger partial charge in [0.2, 0.25) is 11.8 Å². The van der Waals surface area contributed by atoms with E-state index >= 15 is 0 Å². The minimum Gasteiger partial charge on any atom is -0.394 e. The van der Waals surface area contributed by atoms with Crippen LogP contribution in [0, 0.1) is 0 Å². The van der Waals surface area contributed by atoms with Crippen molar-refractivity contribution in [2.24, 2.45) is 0 Å². The maximum absolute atomic E-state index is 11.4. The summed E-state index contributed by atoms with van der Waals surface area (Å²) in [5.74, 6) is -1.04. The molecule has 1 fully saturated rings. The van der Waals surface area contributed by atoms with Crippen molar-refractivity contribution in [1.29, 1.82) is 0 Å². The van der Waals surface area contributed by atoms with E-state index in [0.29, 0.717) is 0 Å². The van der Waals surface area contributed by atoms with Gasteiger partial charge in [-0.2, -0.15) is 0 Å². The molecule has 0 aromatic rings. The van der Waals surface area contributed by atoms with Crippen LogP contribution in [0.15, 0.2) is 0 Å². The first-order chi connectivity index (χ1) is 8.86. The second kappa shape index (κ2) is 6.78. The van der Waals surface area contributed by atoms with Gasteiger partial charge in [-0.3, -0.25) is 9.59 Å². The van der Waals surface area contributed by atoms with E-state index in [1.165, 1.54) is 6.92 Å². The van der Waals surface area contributed by atoms with E-state index in [4.69, 9.17) is 9.84 Å². The Morgan fingerprint density at radius 2 is 1.79 bits per heavy atom. The first kappa shape index (κ1) is 15.8. The van der Waals surface area contributed by atoms with Crippen molar-refractivity contribution < 1.29 is 34.8 Å². The van der Waals surface area contributed by atoms with Gasteiger partial charge in [0.1, 0.15) is 24.4 Å². The highest BCUT2D eigenvalue weighted by Crippen LogP contribution is 2.19. The number of aliphatic hydroxyl groups is 4. The molecule has 5 atom stereocenters. The Morgan fingerprint density at radius 3 is 2.32 bits per heavy atom. The lowest BCUT2D eigenvalue weighted by Crippen LogP contribution is -2.63.